The highest BCUT2D eigenvalue weighted by molar-refractivity contribution is 4.61. The molecule has 1 atom stereocenters. The highest BCUT2D eigenvalue weighted by atomic mass is 16.5. The Morgan fingerprint density at radius 1 is 1.40 bits per heavy atom. The minimum Gasteiger partial charge on any atom is -0.380 e. The number of nitrogens with one attached hydrogen (secondary N) is 1. The van der Waals surface area contributed by atoms with Gasteiger partial charge in [0, 0.05) is 12.6 Å². The predicted octanol–water partition coefficient (Wildman–Crippen LogP) is 1.41. The van der Waals surface area contributed by atoms with Gasteiger partial charge in [-0.1, -0.05) is 13.8 Å². The lowest BCUT2D eigenvalue weighted by Gasteiger charge is -2.05. The van der Waals surface area contributed by atoms with E-state index in [-0.39, 0.29) is 0 Å². The van der Waals surface area contributed by atoms with E-state index in [4.69, 9.17) is 4.74 Å². The van der Waals surface area contributed by atoms with Crippen LogP contribution < -0.4 is 5.32 Å². The molecular weight excluding hydrogens is 126 g/mol. The van der Waals surface area contributed by atoms with Crippen molar-refractivity contribution in [2.24, 2.45) is 0 Å². The second-order valence-electron chi connectivity index (χ2n) is 2.28. The Labute approximate surface area is 64.0 Å². The largest absolute Gasteiger partial charge is 0.380 e. The van der Waals surface area contributed by atoms with Crippen LogP contribution in [0, 0.1) is 0 Å². The number of hydrogen-bond acceptors (Lipinski definition) is 2. The monoisotopic (exact) mass is 145 g/mol. The summed E-state index contributed by atoms with van der Waals surface area (Å²) in [5.41, 5.74) is 0. The van der Waals surface area contributed by atoms with Crippen molar-refractivity contribution >= 4 is 0 Å². The summed E-state index contributed by atoms with van der Waals surface area (Å²) < 4.78 is 5.24. The molecule has 0 aromatic carbocycles. The van der Waals surface area contributed by atoms with Crippen molar-refractivity contribution in [3.8, 4) is 0 Å². The lowest BCUT2D eigenvalue weighted by molar-refractivity contribution is 0.135. The molecule has 10 heavy (non-hydrogen) atoms. The number of ether oxygens (including phenoxy) is 1. The molecule has 1 fully saturated rings. The van der Waals surface area contributed by atoms with Crippen molar-refractivity contribution in [2.45, 2.75) is 33.2 Å². The highest BCUT2D eigenvalue weighted by Crippen LogP contribution is 1.91. The molecule has 0 aromatic rings. The first kappa shape index (κ1) is 9.92. The molecule has 1 saturated heterocycles. The van der Waals surface area contributed by atoms with Crippen LogP contribution >= 0.6 is 0 Å². The fourth-order valence-electron chi connectivity index (χ4n) is 0.842. The zero-order valence-corrected chi connectivity index (χ0v) is 7.31. The molecule has 62 valence electrons. The fourth-order valence-corrected chi connectivity index (χ4v) is 0.842. The molecule has 2 heteroatoms. The Hall–Kier alpha value is -0.0800. The van der Waals surface area contributed by atoms with Crippen molar-refractivity contribution in [1.29, 1.82) is 0 Å². The Bertz CT molecular complexity index is 58.3. The van der Waals surface area contributed by atoms with Crippen LogP contribution in [0.2, 0.25) is 0 Å². The van der Waals surface area contributed by atoms with Gasteiger partial charge in [0.05, 0.1) is 6.61 Å². The molecule has 1 aliphatic heterocycles. The van der Waals surface area contributed by atoms with E-state index in [9.17, 15) is 0 Å². The van der Waals surface area contributed by atoms with E-state index in [1.54, 1.807) is 0 Å². The van der Waals surface area contributed by atoms with Crippen molar-refractivity contribution < 1.29 is 4.74 Å². The molecule has 1 unspecified atom stereocenters. The second-order valence-corrected chi connectivity index (χ2v) is 2.28. The molecule has 1 aliphatic rings. The molecule has 1 N–H and O–H groups in total. The van der Waals surface area contributed by atoms with E-state index in [0.717, 1.165) is 26.2 Å². The maximum atomic E-state index is 5.24. The van der Waals surface area contributed by atoms with E-state index in [1.165, 1.54) is 0 Å². The van der Waals surface area contributed by atoms with Crippen LogP contribution in [-0.4, -0.2) is 25.8 Å². The molecule has 0 spiro atoms. The van der Waals surface area contributed by atoms with Gasteiger partial charge in [0.2, 0.25) is 0 Å². The molecule has 2 nitrogen and oxygen atoms in total. The minimum absolute atomic E-state index is 0.553. The number of rotatable bonds is 0. The van der Waals surface area contributed by atoms with Crippen LogP contribution in [0.15, 0.2) is 0 Å². The van der Waals surface area contributed by atoms with Gasteiger partial charge < -0.3 is 10.1 Å². The SMILES string of the molecule is CC.CC1COCCCN1. The molecule has 1 heterocycles. The van der Waals surface area contributed by atoms with E-state index in [2.05, 4.69) is 12.2 Å². The van der Waals surface area contributed by atoms with Gasteiger partial charge in [-0.05, 0) is 19.9 Å². The Morgan fingerprint density at radius 2 is 2.10 bits per heavy atom. The molecule has 0 aliphatic carbocycles. The third-order valence-electron chi connectivity index (χ3n) is 1.33. The number of hydrogen-bond donors (Lipinski definition) is 1. The molecule has 0 saturated carbocycles. The van der Waals surface area contributed by atoms with Crippen molar-refractivity contribution in [1.82, 2.24) is 5.32 Å². The lowest BCUT2D eigenvalue weighted by Crippen LogP contribution is -2.27. The van der Waals surface area contributed by atoms with E-state index < -0.39 is 0 Å². The summed E-state index contributed by atoms with van der Waals surface area (Å²) in [5, 5.41) is 3.32. The van der Waals surface area contributed by atoms with Gasteiger partial charge >= 0.3 is 0 Å². The van der Waals surface area contributed by atoms with Crippen LogP contribution in [0.4, 0.5) is 0 Å². The van der Waals surface area contributed by atoms with Gasteiger partial charge in [-0.3, -0.25) is 0 Å². The molecule has 0 aromatic heterocycles. The third kappa shape index (κ3) is 4.77. The zero-order chi connectivity index (χ0) is 7.82. The van der Waals surface area contributed by atoms with Crippen LogP contribution in [0.5, 0.6) is 0 Å². The fraction of sp³-hybridized carbons (Fsp3) is 1.00. The standard InChI is InChI=1S/C6H13NO.C2H6/c1-6-5-8-4-2-3-7-6;1-2/h6-7H,2-5H2,1H3;1-2H3. The summed E-state index contributed by atoms with van der Waals surface area (Å²) in [6.45, 7) is 9.06. The molecule has 1 rings (SSSR count). The molecule has 0 bridgehead atoms. The molecule has 0 radical (unpaired) electrons. The van der Waals surface area contributed by atoms with Gasteiger partial charge in [0.15, 0.2) is 0 Å². The summed E-state index contributed by atoms with van der Waals surface area (Å²) in [4.78, 5) is 0. The van der Waals surface area contributed by atoms with Gasteiger partial charge in [0.1, 0.15) is 0 Å². The summed E-state index contributed by atoms with van der Waals surface area (Å²) in [6, 6.07) is 0.553. The Balaban J connectivity index is 0.000000371. The zero-order valence-electron chi connectivity index (χ0n) is 7.31. The summed E-state index contributed by atoms with van der Waals surface area (Å²) >= 11 is 0. The van der Waals surface area contributed by atoms with Crippen molar-refractivity contribution in [3.05, 3.63) is 0 Å². The predicted molar refractivity (Wildman–Crippen MR) is 44.2 cm³/mol. The topological polar surface area (TPSA) is 21.3 Å². The second kappa shape index (κ2) is 7.03. The maximum absolute atomic E-state index is 5.24. The maximum Gasteiger partial charge on any atom is 0.0616 e. The first-order chi connectivity index (χ1) is 4.89. The minimum atomic E-state index is 0.553. The van der Waals surface area contributed by atoms with Crippen LogP contribution in [-0.2, 0) is 4.74 Å². The average Bonchev–Trinajstić information content (AvgIpc) is 2.21. The summed E-state index contributed by atoms with van der Waals surface area (Å²) in [7, 11) is 0. The Morgan fingerprint density at radius 3 is 2.80 bits per heavy atom. The first-order valence-electron chi connectivity index (χ1n) is 4.21. The smallest absolute Gasteiger partial charge is 0.0616 e. The summed E-state index contributed by atoms with van der Waals surface area (Å²) in [5.74, 6) is 0. The summed E-state index contributed by atoms with van der Waals surface area (Å²) in [6.07, 6.45) is 1.16. The Kier molecular flexibility index (Phi) is 6.98. The lowest BCUT2D eigenvalue weighted by atomic mass is 10.3. The molecule has 0 amide bonds. The highest BCUT2D eigenvalue weighted by Gasteiger charge is 2.03. The van der Waals surface area contributed by atoms with Gasteiger partial charge in [-0.15, -0.1) is 0 Å². The van der Waals surface area contributed by atoms with Gasteiger partial charge in [-0.2, -0.15) is 0 Å². The van der Waals surface area contributed by atoms with Crippen LogP contribution in [0.1, 0.15) is 27.2 Å². The quantitative estimate of drug-likeness (QED) is 0.556. The van der Waals surface area contributed by atoms with E-state index in [1.807, 2.05) is 13.8 Å². The van der Waals surface area contributed by atoms with Crippen molar-refractivity contribution in [2.75, 3.05) is 19.8 Å². The van der Waals surface area contributed by atoms with E-state index in [0.29, 0.717) is 6.04 Å². The van der Waals surface area contributed by atoms with Crippen LogP contribution in [0.3, 0.4) is 0 Å². The van der Waals surface area contributed by atoms with Gasteiger partial charge in [0.25, 0.3) is 0 Å². The average molecular weight is 145 g/mol. The normalized spacial score (nSPS) is 26.1. The van der Waals surface area contributed by atoms with Gasteiger partial charge in [-0.25, -0.2) is 0 Å². The third-order valence-corrected chi connectivity index (χ3v) is 1.33. The first-order valence-corrected chi connectivity index (χ1v) is 4.21. The van der Waals surface area contributed by atoms with Crippen molar-refractivity contribution in [3.63, 3.8) is 0 Å². The van der Waals surface area contributed by atoms with E-state index >= 15 is 0 Å². The van der Waals surface area contributed by atoms with Crippen LogP contribution in [0.25, 0.3) is 0 Å². The molecular formula is C8H19NO.